The van der Waals surface area contributed by atoms with Crippen LogP contribution in [0.15, 0.2) is 53.6 Å². The summed E-state index contributed by atoms with van der Waals surface area (Å²) in [5.41, 5.74) is 5.97. The first-order chi connectivity index (χ1) is 16.2. The smallest absolute Gasteiger partial charge is 0.250 e. The lowest BCUT2D eigenvalue weighted by atomic mass is 9.98. The van der Waals surface area contributed by atoms with E-state index >= 15 is 0 Å². The van der Waals surface area contributed by atoms with Crippen LogP contribution in [0, 0.1) is 5.82 Å². The summed E-state index contributed by atoms with van der Waals surface area (Å²) >= 11 is 0. The molecule has 3 heterocycles. The standard InChI is InChI=1S/C23H25FN8O/c1-15-19(18-4-2-3-5-20(18)26-15)14-25-31-22-28-21(27-17-8-6-16(24)7-9-17)29-23(30-22)32-10-12-33-13-11-32/h2-9,14-15,19,26H,10-13H2,1H3,(H2,27,28,29,30,31)/b25-14+. The largest absolute Gasteiger partial charge is 0.381 e. The zero-order chi connectivity index (χ0) is 22.6. The molecule has 0 saturated carbocycles. The van der Waals surface area contributed by atoms with Gasteiger partial charge in [-0.1, -0.05) is 18.2 Å². The van der Waals surface area contributed by atoms with Crippen molar-refractivity contribution in [3.05, 3.63) is 59.9 Å². The minimum Gasteiger partial charge on any atom is -0.381 e. The van der Waals surface area contributed by atoms with Crippen LogP contribution in [0.5, 0.6) is 0 Å². The van der Waals surface area contributed by atoms with Crippen molar-refractivity contribution >= 4 is 35.4 Å². The Labute approximate surface area is 191 Å². The fourth-order valence-electron chi connectivity index (χ4n) is 3.95. The van der Waals surface area contributed by atoms with E-state index in [9.17, 15) is 4.39 Å². The van der Waals surface area contributed by atoms with E-state index in [1.165, 1.54) is 17.7 Å². The summed E-state index contributed by atoms with van der Waals surface area (Å²) in [7, 11) is 0. The van der Waals surface area contributed by atoms with Gasteiger partial charge in [-0.15, -0.1) is 0 Å². The molecule has 2 aliphatic rings. The Bertz CT molecular complexity index is 1130. The van der Waals surface area contributed by atoms with Crippen LogP contribution in [0.1, 0.15) is 18.4 Å². The number of anilines is 5. The van der Waals surface area contributed by atoms with Gasteiger partial charge in [0.2, 0.25) is 17.8 Å². The van der Waals surface area contributed by atoms with Gasteiger partial charge in [-0.25, -0.2) is 9.82 Å². The van der Waals surface area contributed by atoms with Gasteiger partial charge in [-0.2, -0.15) is 20.1 Å². The maximum Gasteiger partial charge on any atom is 0.250 e. The second-order valence-corrected chi connectivity index (χ2v) is 7.95. The number of benzene rings is 2. The van der Waals surface area contributed by atoms with E-state index < -0.39 is 0 Å². The summed E-state index contributed by atoms with van der Waals surface area (Å²) in [4.78, 5) is 15.6. The number of ether oxygens (including phenoxy) is 1. The SMILES string of the molecule is CC1Nc2ccccc2C1/C=N/Nc1nc(Nc2ccc(F)cc2)nc(N2CCOCC2)n1. The number of hydrogen-bond donors (Lipinski definition) is 3. The van der Waals surface area contributed by atoms with E-state index in [0.29, 0.717) is 49.8 Å². The molecule has 2 aromatic carbocycles. The Morgan fingerprint density at radius 3 is 2.64 bits per heavy atom. The lowest BCUT2D eigenvalue weighted by molar-refractivity contribution is 0.122. The van der Waals surface area contributed by atoms with Gasteiger partial charge < -0.3 is 20.3 Å². The number of aromatic nitrogens is 3. The number of fused-ring (bicyclic) bond motifs is 1. The molecule has 2 aliphatic heterocycles. The van der Waals surface area contributed by atoms with Gasteiger partial charge in [0.25, 0.3) is 0 Å². The Morgan fingerprint density at radius 1 is 1.06 bits per heavy atom. The summed E-state index contributed by atoms with van der Waals surface area (Å²) in [5, 5.41) is 11.0. The third-order valence-corrected chi connectivity index (χ3v) is 5.66. The molecule has 1 saturated heterocycles. The zero-order valence-electron chi connectivity index (χ0n) is 18.2. The van der Waals surface area contributed by atoms with Crippen LogP contribution < -0.4 is 21.0 Å². The number of para-hydroxylation sites is 1. The molecule has 0 bridgehead atoms. The minimum atomic E-state index is -0.306. The number of rotatable bonds is 6. The molecule has 0 spiro atoms. The first-order valence-electron chi connectivity index (χ1n) is 10.9. The van der Waals surface area contributed by atoms with E-state index in [1.54, 1.807) is 12.1 Å². The highest BCUT2D eigenvalue weighted by Gasteiger charge is 2.27. The highest BCUT2D eigenvalue weighted by atomic mass is 19.1. The summed E-state index contributed by atoms with van der Waals surface area (Å²) in [6.07, 6.45) is 1.87. The molecule has 170 valence electrons. The molecular formula is C23H25FN8O. The highest BCUT2D eigenvalue weighted by molar-refractivity contribution is 5.78. The van der Waals surface area contributed by atoms with Crippen LogP contribution in [-0.2, 0) is 4.74 Å². The molecule has 3 N–H and O–H groups in total. The molecule has 33 heavy (non-hydrogen) atoms. The van der Waals surface area contributed by atoms with Crippen molar-refractivity contribution in [1.82, 2.24) is 15.0 Å². The van der Waals surface area contributed by atoms with Gasteiger partial charge in [-0.05, 0) is 42.8 Å². The maximum atomic E-state index is 13.3. The van der Waals surface area contributed by atoms with Gasteiger partial charge in [0.1, 0.15) is 5.82 Å². The van der Waals surface area contributed by atoms with Crippen LogP contribution in [0.2, 0.25) is 0 Å². The molecule has 2 unspecified atom stereocenters. The normalized spacial score (nSPS) is 19.9. The van der Waals surface area contributed by atoms with Gasteiger partial charge in [0, 0.05) is 42.6 Å². The van der Waals surface area contributed by atoms with Crippen molar-refractivity contribution in [2.24, 2.45) is 5.10 Å². The predicted octanol–water partition coefficient (Wildman–Crippen LogP) is 3.59. The van der Waals surface area contributed by atoms with E-state index in [1.807, 2.05) is 23.2 Å². The number of hydrogen-bond acceptors (Lipinski definition) is 9. The first kappa shape index (κ1) is 21.1. The van der Waals surface area contributed by atoms with E-state index in [0.717, 1.165) is 5.69 Å². The highest BCUT2D eigenvalue weighted by Crippen LogP contribution is 2.34. The lowest BCUT2D eigenvalue weighted by Crippen LogP contribution is -2.37. The maximum absolute atomic E-state index is 13.3. The predicted molar refractivity (Wildman–Crippen MR) is 127 cm³/mol. The Morgan fingerprint density at radius 2 is 1.82 bits per heavy atom. The molecule has 9 nitrogen and oxygen atoms in total. The van der Waals surface area contributed by atoms with Crippen LogP contribution >= 0.6 is 0 Å². The van der Waals surface area contributed by atoms with Crippen molar-refractivity contribution in [3.8, 4) is 0 Å². The number of halogens is 1. The molecule has 3 aromatic rings. The Kier molecular flexibility index (Phi) is 5.99. The Balaban J connectivity index is 1.37. The van der Waals surface area contributed by atoms with E-state index in [-0.39, 0.29) is 17.8 Å². The Hall–Kier alpha value is -3.79. The molecule has 0 aliphatic carbocycles. The molecule has 1 aromatic heterocycles. The third-order valence-electron chi connectivity index (χ3n) is 5.66. The molecular weight excluding hydrogens is 423 g/mol. The van der Waals surface area contributed by atoms with Crippen molar-refractivity contribution in [1.29, 1.82) is 0 Å². The molecule has 0 radical (unpaired) electrons. The van der Waals surface area contributed by atoms with E-state index in [2.05, 4.69) is 55.2 Å². The summed E-state index contributed by atoms with van der Waals surface area (Å²) in [5.74, 6) is 1.01. The molecule has 2 atom stereocenters. The quantitative estimate of drug-likeness (QED) is 0.389. The monoisotopic (exact) mass is 448 g/mol. The fourth-order valence-corrected chi connectivity index (χ4v) is 3.95. The van der Waals surface area contributed by atoms with Crippen LogP contribution in [0.4, 0.5) is 33.6 Å². The van der Waals surface area contributed by atoms with Gasteiger partial charge in [0.15, 0.2) is 0 Å². The van der Waals surface area contributed by atoms with Crippen molar-refractivity contribution in [3.63, 3.8) is 0 Å². The fraction of sp³-hybridized carbons (Fsp3) is 0.304. The third kappa shape index (κ3) is 4.85. The number of hydrazone groups is 1. The first-order valence-corrected chi connectivity index (χ1v) is 10.9. The minimum absolute atomic E-state index is 0.131. The lowest BCUT2D eigenvalue weighted by Gasteiger charge is -2.27. The van der Waals surface area contributed by atoms with Crippen molar-refractivity contribution < 1.29 is 9.13 Å². The van der Waals surface area contributed by atoms with Crippen LogP contribution in [0.25, 0.3) is 0 Å². The molecule has 5 rings (SSSR count). The van der Waals surface area contributed by atoms with E-state index in [4.69, 9.17) is 4.74 Å². The van der Waals surface area contributed by atoms with Crippen molar-refractivity contribution in [2.45, 2.75) is 18.9 Å². The van der Waals surface area contributed by atoms with Gasteiger partial charge in [0.05, 0.1) is 13.2 Å². The second kappa shape index (κ2) is 9.37. The number of morpholine rings is 1. The zero-order valence-corrected chi connectivity index (χ0v) is 18.2. The van der Waals surface area contributed by atoms with Gasteiger partial charge in [-0.3, -0.25) is 0 Å². The molecule has 10 heteroatoms. The number of nitrogens with zero attached hydrogens (tertiary/aromatic N) is 5. The summed E-state index contributed by atoms with van der Waals surface area (Å²) < 4.78 is 18.7. The summed E-state index contributed by atoms with van der Waals surface area (Å²) in [6.45, 7) is 4.72. The van der Waals surface area contributed by atoms with Crippen molar-refractivity contribution in [2.75, 3.05) is 47.3 Å². The van der Waals surface area contributed by atoms with Crippen LogP contribution in [-0.4, -0.2) is 53.5 Å². The average Bonchev–Trinajstić information content (AvgIpc) is 3.16. The average molecular weight is 449 g/mol. The molecule has 0 amide bonds. The van der Waals surface area contributed by atoms with Crippen LogP contribution in [0.3, 0.4) is 0 Å². The summed E-state index contributed by atoms with van der Waals surface area (Å²) in [6, 6.07) is 14.5. The molecule has 1 fully saturated rings. The number of nitrogens with one attached hydrogen (secondary N) is 3. The van der Waals surface area contributed by atoms with Gasteiger partial charge >= 0.3 is 0 Å². The second-order valence-electron chi connectivity index (χ2n) is 7.95. The topological polar surface area (TPSA) is 99.6 Å².